The number of carbonyl (C=O) groups excluding carboxylic acids is 4. The summed E-state index contributed by atoms with van der Waals surface area (Å²) >= 11 is 0. The Bertz CT molecular complexity index is 463. The molecule has 2 N–H and O–H groups in total. The fourth-order valence-corrected chi connectivity index (χ4v) is 2.76. The highest BCUT2D eigenvalue weighted by Gasteiger charge is 2.34. The van der Waals surface area contributed by atoms with Gasteiger partial charge < -0.3 is 9.64 Å². The molecule has 0 spiro atoms. The maximum atomic E-state index is 12.2. The normalized spacial score (nSPS) is 22.2. The molecule has 0 aliphatic carbocycles. The predicted octanol–water partition coefficient (Wildman–Crippen LogP) is -0.654. The number of ether oxygens (including phenoxy) is 1. The summed E-state index contributed by atoms with van der Waals surface area (Å²) in [6.07, 6.45) is 1.76. The summed E-state index contributed by atoms with van der Waals surface area (Å²) in [4.78, 5) is 48.4. The molecule has 2 fully saturated rings. The summed E-state index contributed by atoms with van der Waals surface area (Å²) in [5.41, 5.74) is 4.47. The van der Waals surface area contributed by atoms with Crippen molar-refractivity contribution in [2.75, 3.05) is 19.7 Å². The maximum Gasteiger partial charge on any atom is 0.310 e. The Hall–Kier alpha value is -2.12. The molecule has 0 aromatic heterocycles. The Labute approximate surface area is 128 Å². The maximum absolute atomic E-state index is 12.2. The van der Waals surface area contributed by atoms with Gasteiger partial charge in [-0.3, -0.25) is 30.0 Å². The minimum absolute atomic E-state index is 0.112. The van der Waals surface area contributed by atoms with E-state index in [4.69, 9.17) is 4.74 Å². The third-order valence-corrected chi connectivity index (χ3v) is 3.98. The largest absolute Gasteiger partial charge is 0.466 e. The lowest BCUT2D eigenvalue weighted by molar-refractivity contribution is -0.151. The van der Waals surface area contributed by atoms with E-state index in [2.05, 4.69) is 10.9 Å². The van der Waals surface area contributed by atoms with Crippen LogP contribution in [0.3, 0.4) is 0 Å². The highest BCUT2D eigenvalue weighted by Crippen LogP contribution is 2.20. The van der Waals surface area contributed by atoms with Gasteiger partial charge in [0.2, 0.25) is 5.91 Å². The zero-order valence-electron chi connectivity index (χ0n) is 12.6. The molecular formula is C14H21N3O5. The van der Waals surface area contributed by atoms with Gasteiger partial charge in [-0.25, -0.2) is 0 Å². The fraction of sp³-hybridized carbons (Fsp3) is 0.714. The topological polar surface area (TPSA) is 105 Å². The summed E-state index contributed by atoms with van der Waals surface area (Å²) in [6.45, 7) is 3.02. The van der Waals surface area contributed by atoms with Crippen molar-refractivity contribution in [2.24, 2.45) is 11.8 Å². The molecule has 22 heavy (non-hydrogen) atoms. The monoisotopic (exact) mass is 311 g/mol. The summed E-state index contributed by atoms with van der Waals surface area (Å²) < 4.78 is 5.00. The Balaban J connectivity index is 1.83. The van der Waals surface area contributed by atoms with Crippen molar-refractivity contribution in [1.82, 2.24) is 15.8 Å². The number of hydrazine groups is 1. The number of nitrogens with one attached hydrogen (secondary N) is 2. The van der Waals surface area contributed by atoms with Crippen LogP contribution in [-0.4, -0.2) is 48.3 Å². The van der Waals surface area contributed by atoms with Crippen molar-refractivity contribution < 1.29 is 23.9 Å². The van der Waals surface area contributed by atoms with E-state index < -0.39 is 17.7 Å². The molecular weight excluding hydrogens is 290 g/mol. The summed E-state index contributed by atoms with van der Waals surface area (Å²) in [7, 11) is 0. The minimum atomic E-state index is -0.811. The first kappa shape index (κ1) is 16.3. The van der Waals surface area contributed by atoms with Crippen molar-refractivity contribution in [3.63, 3.8) is 0 Å². The number of amides is 3. The van der Waals surface area contributed by atoms with Gasteiger partial charge in [-0.15, -0.1) is 0 Å². The standard InChI is InChI=1S/C14H21N3O5/c1-2-22-14(21)9-4-3-7-17(8-9)11(18)6-5-10-12(19)15-16-13(10)20/h9-10H,2-8H2,1H3,(H,15,19)(H,16,20). The van der Waals surface area contributed by atoms with Crippen LogP contribution >= 0.6 is 0 Å². The molecule has 0 aromatic rings. The van der Waals surface area contributed by atoms with Gasteiger partial charge in [0.15, 0.2) is 0 Å². The first-order chi connectivity index (χ1) is 10.5. The Kier molecular flexibility index (Phi) is 5.35. The third-order valence-electron chi connectivity index (χ3n) is 3.98. The molecule has 2 heterocycles. The van der Waals surface area contributed by atoms with Crippen LogP contribution in [-0.2, 0) is 23.9 Å². The highest BCUT2D eigenvalue weighted by molar-refractivity contribution is 6.05. The number of hydrogen-bond acceptors (Lipinski definition) is 5. The lowest BCUT2D eigenvalue weighted by Gasteiger charge is -2.31. The van der Waals surface area contributed by atoms with E-state index in [9.17, 15) is 19.2 Å². The number of carbonyl (C=O) groups is 4. The number of hydrogen-bond donors (Lipinski definition) is 2. The van der Waals surface area contributed by atoms with Crippen LogP contribution in [0.5, 0.6) is 0 Å². The van der Waals surface area contributed by atoms with Crippen LogP contribution in [0.1, 0.15) is 32.6 Å². The molecule has 2 aliphatic heterocycles. The number of piperidine rings is 1. The van der Waals surface area contributed by atoms with Crippen molar-refractivity contribution in [3.8, 4) is 0 Å². The molecule has 2 rings (SSSR count). The first-order valence-corrected chi connectivity index (χ1v) is 7.57. The SMILES string of the molecule is CCOC(=O)C1CCCN(C(=O)CCC2C(=O)NNC2=O)C1. The lowest BCUT2D eigenvalue weighted by Crippen LogP contribution is -2.43. The second-order valence-electron chi connectivity index (χ2n) is 5.50. The summed E-state index contributed by atoms with van der Waals surface area (Å²) in [5.74, 6) is -2.30. The molecule has 0 aromatic carbocycles. The average Bonchev–Trinajstić information content (AvgIpc) is 2.84. The van der Waals surface area contributed by atoms with Crippen molar-refractivity contribution in [3.05, 3.63) is 0 Å². The molecule has 0 bridgehead atoms. The molecule has 8 nitrogen and oxygen atoms in total. The summed E-state index contributed by atoms with van der Waals surface area (Å²) in [5, 5.41) is 0. The molecule has 122 valence electrons. The van der Waals surface area contributed by atoms with E-state index in [1.165, 1.54) is 0 Å². The molecule has 8 heteroatoms. The van der Waals surface area contributed by atoms with Crippen LogP contribution in [0.25, 0.3) is 0 Å². The smallest absolute Gasteiger partial charge is 0.310 e. The van der Waals surface area contributed by atoms with Crippen molar-refractivity contribution in [2.45, 2.75) is 32.6 Å². The van der Waals surface area contributed by atoms with Gasteiger partial charge in [0, 0.05) is 19.5 Å². The van der Waals surface area contributed by atoms with Crippen LogP contribution in [0.4, 0.5) is 0 Å². The molecule has 0 radical (unpaired) electrons. The molecule has 1 unspecified atom stereocenters. The number of rotatable bonds is 5. The molecule has 1 atom stereocenters. The fourth-order valence-electron chi connectivity index (χ4n) is 2.76. The van der Waals surface area contributed by atoms with Crippen LogP contribution in [0, 0.1) is 11.8 Å². The lowest BCUT2D eigenvalue weighted by atomic mass is 9.97. The third kappa shape index (κ3) is 3.75. The van der Waals surface area contributed by atoms with Gasteiger partial charge in [0.05, 0.1) is 12.5 Å². The van der Waals surface area contributed by atoms with E-state index in [0.29, 0.717) is 19.7 Å². The Morgan fingerprint density at radius 1 is 1.27 bits per heavy atom. The Morgan fingerprint density at radius 2 is 1.95 bits per heavy atom. The molecule has 2 saturated heterocycles. The minimum Gasteiger partial charge on any atom is -0.466 e. The zero-order chi connectivity index (χ0) is 16.1. The number of likely N-dealkylation sites (tertiary alicyclic amines) is 1. The van der Waals surface area contributed by atoms with E-state index in [0.717, 1.165) is 12.8 Å². The van der Waals surface area contributed by atoms with Crippen molar-refractivity contribution >= 4 is 23.7 Å². The van der Waals surface area contributed by atoms with Gasteiger partial charge in [-0.2, -0.15) is 0 Å². The number of esters is 1. The van der Waals surface area contributed by atoms with E-state index in [1.54, 1.807) is 11.8 Å². The second-order valence-corrected chi connectivity index (χ2v) is 5.50. The van der Waals surface area contributed by atoms with Gasteiger partial charge in [0.25, 0.3) is 11.8 Å². The van der Waals surface area contributed by atoms with Crippen LogP contribution in [0.15, 0.2) is 0 Å². The average molecular weight is 311 g/mol. The highest BCUT2D eigenvalue weighted by atomic mass is 16.5. The van der Waals surface area contributed by atoms with Gasteiger partial charge in [-0.1, -0.05) is 0 Å². The predicted molar refractivity (Wildman–Crippen MR) is 74.9 cm³/mol. The van der Waals surface area contributed by atoms with Gasteiger partial charge >= 0.3 is 5.97 Å². The summed E-state index contributed by atoms with van der Waals surface area (Å²) in [6, 6.07) is 0. The van der Waals surface area contributed by atoms with Crippen LogP contribution in [0.2, 0.25) is 0 Å². The molecule has 3 amide bonds. The first-order valence-electron chi connectivity index (χ1n) is 7.57. The van der Waals surface area contributed by atoms with Gasteiger partial charge in [0.1, 0.15) is 5.92 Å². The Morgan fingerprint density at radius 3 is 2.59 bits per heavy atom. The molecule has 2 aliphatic rings. The number of nitrogens with zero attached hydrogens (tertiary/aromatic N) is 1. The van der Waals surface area contributed by atoms with Crippen molar-refractivity contribution in [1.29, 1.82) is 0 Å². The quantitative estimate of drug-likeness (QED) is 0.518. The van der Waals surface area contributed by atoms with E-state index in [-0.39, 0.29) is 30.6 Å². The van der Waals surface area contributed by atoms with E-state index in [1.807, 2.05) is 0 Å². The zero-order valence-corrected chi connectivity index (χ0v) is 12.6. The van der Waals surface area contributed by atoms with E-state index >= 15 is 0 Å². The van der Waals surface area contributed by atoms with Crippen LogP contribution < -0.4 is 10.9 Å². The second kappa shape index (κ2) is 7.24. The molecule has 0 saturated carbocycles. The van der Waals surface area contributed by atoms with Gasteiger partial charge in [-0.05, 0) is 26.2 Å².